The third-order valence-electron chi connectivity index (χ3n) is 4.62. The molecule has 0 atom stereocenters. The largest absolute Gasteiger partial charge is 0.340 e. The second kappa shape index (κ2) is 9.80. The fraction of sp³-hybridized carbons (Fsp3) is 0.273. The summed E-state index contributed by atoms with van der Waals surface area (Å²) >= 11 is 0. The van der Waals surface area contributed by atoms with Gasteiger partial charge in [-0.25, -0.2) is 4.39 Å². The van der Waals surface area contributed by atoms with Crippen LogP contribution < -0.4 is 5.32 Å². The number of anilines is 1. The smallest absolute Gasteiger partial charge is 0.233 e. The third kappa shape index (κ3) is 6.03. The minimum atomic E-state index is -0.429. The summed E-state index contributed by atoms with van der Waals surface area (Å²) in [7, 11) is 0. The van der Waals surface area contributed by atoms with Gasteiger partial charge in [-0.1, -0.05) is 48.6 Å². The molecule has 6 heteroatoms. The monoisotopic (exact) mass is 381 g/mol. The average Bonchev–Trinajstić information content (AvgIpc) is 2.69. The van der Waals surface area contributed by atoms with E-state index in [1.807, 2.05) is 18.2 Å². The second-order valence-electron chi connectivity index (χ2n) is 6.73. The Morgan fingerprint density at radius 3 is 2.46 bits per heavy atom. The van der Waals surface area contributed by atoms with E-state index in [1.54, 1.807) is 11.0 Å². The van der Waals surface area contributed by atoms with Gasteiger partial charge in [0.05, 0.1) is 0 Å². The quantitative estimate of drug-likeness (QED) is 0.783. The molecule has 0 bridgehead atoms. The molecule has 0 unspecified atom stereocenters. The Kier molecular flexibility index (Phi) is 6.92. The molecule has 1 heterocycles. The molecule has 2 aromatic carbocycles. The van der Waals surface area contributed by atoms with E-state index in [1.165, 1.54) is 23.8 Å². The number of rotatable bonds is 6. The van der Waals surface area contributed by atoms with E-state index in [4.69, 9.17) is 0 Å². The number of halogens is 1. The van der Waals surface area contributed by atoms with Crippen LogP contribution in [0.5, 0.6) is 0 Å². The number of hydrogen-bond acceptors (Lipinski definition) is 3. The molecule has 0 saturated carbocycles. The van der Waals surface area contributed by atoms with E-state index in [0.717, 1.165) is 19.6 Å². The van der Waals surface area contributed by atoms with Gasteiger partial charge in [0.15, 0.2) is 0 Å². The van der Waals surface area contributed by atoms with Crippen LogP contribution in [0.2, 0.25) is 0 Å². The lowest BCUT2D eigenvalue weighted by atomic mass is 10.2. The Bertz CT molecular complexity index is 831. The molecule has 28 heavy (non-hydrogen) atoms. The lowest BCUT2D eigenvalue weighted by Crippen LogP contribution is -2.49. The number of carbonyl (C=O) groups excluding carboxylic acids is 2. The number of carbonyl (C=O) groups is 2. The molecule has 2 amide bonds. The summed E-state index contributed by atoms with van der Waals surface area (Å²) in [6, 6.07) is 15.8. The molecule has 146 valence electrons. The van der Waals surface area contributed by atoms with Crippen molar-refractivity contribution in [3.63, 3.8) is 0 Å². The fourth-order valence-electron chi connectivity index (χ4n) is 3.10. The van der Waals surface area contributed by atoms with E-state index in [0.29, 0.717) is 18.8 Å². The van der Waals surface area contributed by atoms with Crippen molar-refractivity contribution in [1.29, 1.82) is 0 Å². The predicted octanol–water partition coefficient (Wildman–Crippen LogP) is 3.01. The highest BCUT2D eigenvalue weighted by atomic mass is 19.1. The molecule has 1 N–H and O–H groups in total. The van der Waals surface area contributed by atoms with Gasteiger partial charge in [0.2, 0.25) is 11.8 Å². The lowest BCUT2D eigenvalue weighted by Gasteiger charge is -2.34. The van der Waals surface area contributed by atoms with E-state index in [-0.39, 0.29) is 12.3 Å². The normalized spacial score (nSPS) is 15.0. The molecule has 1 aliphatic rings. The van der Waals surface area contributed by atoms with Crippen LogP contribution in [0.4, 0.5) is 10.1 Å². The molecule has 0 radical (unpaired) electrons. The first-order chi connectivity index (χ1) is 13.6. The van der Waals surface area contributed by atoms with Crippen molar-refractivity contribution in [3.8, 4) is 0 Å². The van der Waals surface area contributed by atoms with Crippen LogP contribution in [0.25, 0.3) is 6.08 Å². The van der Waals surface area contributed by atoms with Gasteiger partial charge in [0.1, 0.15) is 12.2 Å². The lowest BCUT2D eigenvalue weighted by molar-refractivity contribution is -0.136. The summed E-state index contributed by atoms with van der Waals surface area (Å²) in [4.78, 5) is 28.3. The number of hydrogen-bond donors (Lipinski definition) is 1. The molecule has 5 nitrogen and oxygen atoms in total. The molecule has 3 rings (SSSR count). The van der Waals surface area contributed by atoms with E-state index >= 15 is 0 Å². The standard InChI is InChI=1S/C22H24FN3O2/c23-19-9-4-10-20(16-19)24-21(27)17-22(28)26-14-12-25(13-15-26)11-5-8-18-6-2-1-3-7-18/h1-10,16H,11-15,17H2,(H,24,27)/b8-5+. The zero-order valence-electron chi connectivity index (χ0n) is 15.7. The number of nitrogens with zero attached hydrogens (tertiary/aromatic N) is 2. The summed E-state index contributed by atoms with van der Waals surface area (Å²) in [5.41, 5.74) is 1.52. The fourth-order valence-corrected chi connectivity index (χ4v) is 3.10. The molecule has 2 aromatic rings. The van der Waals surface area contributed by atoms with Gasteiger partial charge in [-0.3, -0.25) is 14.5 Å². The Hall–Kier alpha value is -2.99. The van der Waals surface area contributed by atoms with Crippen molar-refractivity contribution in [1.82, 2.24) is 9.80 Å². The molecule has 0 aliphatic carbocycles. The first kappa shape index (κ1) is 19.8. The van der Waals surface area contributed by atoms with Crippen molar-refractivity contribution in [2.45, 2.75) is 6.42 Å². The molecular weight excluding hydrogens is 357 g/mol. The molecule has 1 aliphatic heterocycles. The highest BCUT2D eigenvalue weighted by Crippen LogP contribution is 2.10. The van der Waals surface area contributed by atoms with Gasteiger partial charge >= 0.3 is 0 Å². The molecule has 0 aromatic heterocycles. The van der Waals surface area contributed by atoms with Crippen molar-refractivity contribution in [3.05, 3.63) is 72.1 Å². The van der Waals surface area contributed by atoms with E-state index in [2.05, 4.69) is 34.5 Å². The van der Waals surface area contributed by atoms with E-state index < -0.39 is 11.7 Å². The highest BCUT2D eigenvalue weighted by Gasteiger charge is 2.22. The van der Waals surface area contributed by atoms with Crippen molar-refractivity contribution < 1.29 is 14.0 Å². The minimum Gasteiger partial charge on any atom is -0.340 e. The topological polar surface area (TPSA) is 52.7 Å². The van der Waals surface area contributed by atoms with Crippen LogP contribution in [0.3, 0.4) is 0 Å². The second-order valence-corrected chi connectivity index (χ2v) is 6.73. The van der Waals surface area contributed by atoms with Crippen LogP contribution in [-0.4, -0.2) is 54.3 Å². The minimum absolute atomic E-state index is 0.201. The molecule has 1 saturated heterocycles. The van der Waals surface area contributed by atoms with Crippen molar-refractivity contribution in [2.75, 3.05) is 38.0 Å². The summed E-state index contributed by atoms with van der Waals surface area (Å²) in [6.45, 7) is 3.58. The number of amides is 2. The zero-order valence-corrected chi connectivity index (χ0v) is 15.7. The van der Waals surface area contributed by atoms with Gasteiger partial charge in [0.25, 0.3) is 0 Å². The van der Waals surface area contributed by atoms with Crippen LogP contribution in [-0.2, 0) is 9.59 Å². The van der Waals surface area contributed by atoms with Crippen LogP contribution >= 0.6 is 0 Å². The Balaban J connectivity index is 1.39. The van der Waals surface area contributed by atoms with Gasteiger partial charge < -0.3 is 10.2 Å². The van der Waals surface area contributed by atoms with E-state index in [9.17, 15) is 14.0 Å². The van der Waals surface area contributed by atoms with Crippen LogP contribution in [0, 0.1) is 5.82 Å². The number of benzene rings is 2. The summed E-state index contributed by atoms with van der Waals surface area (Å²) in [6.07, 6.45) is 3.98. The van der Waals surface area contributed by atoms with Crippen LogP contribution in [0.1, 0.15) is 12.0 Å². The average molecular weight is 381 g/mol. The first-order valence-electron chi connectivity index (χ1n) is 9.37. The Morgan fingerprint density at radius 2 is 1.75 bits per heavy atom. The predicted molar refractivity (Wildman–Crippen MR) is 108 cm³/mol. The highest BCUT2D eigenvalue weighted by molar-refractivity contribution is 6.03. The maximum Gasteiger partial charge on any atom is 0.233 e. The van der Waals surface area contributed by atoms with Gasteiger partial charge in [0, 0.05) is 38.4 Å². The molecular formula is C22H24FN3O2. The molecule has 0 spiro atoms. The third-order valence-corrected chi connectivity index (χ3v) is 4.62. The Labute approximate surface area is 164 Å². The number of piperazine rings is 1. The maximum absolute atomic E-state index is 13.2. The summed E-state index contributed by atoms with van der Waals surface area (Å²) in [5, 5.41) is 2.56. The maximum atomic E-state index is 13.2. The summed E-state index contributed by atoms with van der Waals surface area (Å²) < 4.78 is 13.2. The van der Waals surface area contributed by atoms with Gasteiger partial charge in [-0.2, -0.15) is 0 Å². The first-order valence-corrected chi connectivity index (χ1v) is 9.37. The van der Waals surface area contributed by atoms with Crippen molar-refractivity contribution in [2.24, 2.45) is 0 Å². The zero-order chi connectivity index (χ0) is 19.8. The SMILES string of the molecule is O=C(CC(=O)N1CCN(C/C=C/c2ccccc2)CC1)Nc1cccc(F)c1. The Morgan fingerprint density at radius 1 is 1.00 bits per heavy atom. The number of nitrogens with one attached hydrogen (secondary N) is 1. The molecule has 1 fully saturated rings. The summed E-state index contributed by atoms with van der Waals surface area (Å²) in [5.74, 6) is -1.06. The van der Waals surface area contributed by atoms with Gasteiger partial charge in [-0.15, -0.1) is 0 Å². The van der Waals surface area contributed by atoms with Crippen LogP contribution in [0.15, 0.2) is 60.7 Å². The van der Waals surface area contributed by atoms with Gasteiger partial charge in [-0.05, 0) is 23.8 Å². The van der Waals surface area contributed by atoms with Crippen molar-refractivity contribution >= 4 is 23.6 Å².